The van der Waals surface area contributed by atoms with Gasteiger partial charge in [0.15, 0.2) is 0 Å². The second-order valence-corrected chi connectivity index (χ2v) is 4.43. The summed E-state index contributed by atoms with van der Waals surface area (Å²) >= 11 is 5.83. The lowest BCUT2D eigenvalue weighted by atomic mass is 10.3. The number of rotatable bonds is 3. The standard InChI is InChI=1S/C12H14ClN5O/c1-18-11(14)8(7-16-18)6-15-12(19)17-10-4-2-3-9(13)5-10/h2-5,7H,6,14H2,1H3,(H2,15,17,19). The first-order chi connectivity index (χ1) is 9.06. The lowest BCUT2D eigenvalue weighted by Gasteiger charge is -2.07. The van der Waals surface area contributed by atoms with Gasteiger partial charge in [-0.2, -0.15) is 5.10 Å². The van der Waals surface area contributed by atoms with Crippen molar-refractivity contribution < 1.29 is 4.79 Å². The minimum Gasteiger partial charge on any atom is -0.384 e. The first-order valence-electron chi connectivity index (χ1n) is 5.63. The number of hydrogen-bond donors (Lipinski definition) is 3. The molecule has 0 atom stereocenters. The molecule has 6 nitrogen and oxygen atoms in total. The van der Waals surface area contributed by atoms with E-state index in [4.69, 9.17) is 17.3 Å². The molecule has 4 N–H and O–H groups in total. The summed E-state index contributed by atoms with van der Waals surface area (Å²) in [5.41, 5.74) is 7.17. The van der Waals surface area contributed by atoms with Crippen molar-refractivity contribution in [2.75, 3.05) is 11.1 Å². The van der Waals surface area contributed by atoms with Gasteiger partial charge < -0.3 is 16.4 Å². The molecule has 0 aliphatic rings. The number of nitrogens with two attached hydrogens (primary N) is 1. The highest BCUT2D eigenvalue weighted by Crippen LogP contribution is 2.14. The van der Waals surface area contributed by atoms with Crippen LogP contribution in [0.25, 0.3) is 0 Å². The molecular formula is C12H14ClN5O. The third kappa shape index (κ3) is 3.38. The lowest BCUT2D eigenvalue weighted by molar-refractivity contribution is 0.252. The van der Waals surface area contributed by atoms with E-state index in [1.807, 2.05) is 0 Å². The van der Waals surface area contributed by atoms with Crippen molar-refractivity contribution in [1.82, 2.24) is 15.1 Å². The molecule has 0 saturated carbocycles. The fraction of sp³-hybridized carbons (Fsp3) is 0.167. The summed E-state index contributed by atoms with van der Waals surface area (Å²) in [6.45, 7) is 0.312. The highest BCUT2D eigenvalue weighted by molar-refractivity contribution is 6.30. The molecule has 1 aromatic heterocycles. The van der Waals surface area contributed by atoms with E-state index in [0.29, 0.717) is 23.1 Å². The van der Waals surface area contributed by atoms with E-state index in [1.54, 1.807) is 42.2 Å². The van der Waals surface area contributed by atoms with E-state index >= 15 is 0 Å². The number of benzene rings is 1. The van der Waals surface area contributed by atoms with Crippen LogP contribution in [0, 0.1) is 0 Å². The highest BCUT2D eigenvalue weighted by Gasteiger charge is 2.07. The van der Waals surface area contributed by atoms with Crippen LogP contribution in [0.5, 0.6) is 0 Å². The average Bonchev–Trinajstić information content (AvgIpc) is 2.68. The lowest BCUT2D eigenvalue weighted by Crippen LogP contribution is -2.28. The highest BCUT2D eigenvalue weighted by atomic mass is 35.5. The first-order valence-corrected chi connectivity index (χ1v) is 6.01. The Labute approximate surface area is 115 Å². The zero-order chi connectivity index (χ0) is 13.8. The molecular weight excluding hydrogens is 266 g/mol. The Morgan fingerprint density at radius 3 is 2.95 bits per heavy atom. The molecule has 1 aromatic carbocycles. The minimum absolute atomic E-state index is 0.312. The molecule has 0 radical (unpaired) electrons. The molecule has 0 saturated heterocycles. The molecule has 0 aliphatic heterocycles. The number of amides is 2. The second-order valence-electron chi connectivity index (χ2n) is 4.00. The Kier molecular flexibility index (Phi) is 3.91. The largest absolute Gasteiger partial charge is 0.384 e. The van der Waals surface area contributed by atoms with Crippen molar-refractivity contribution in [3.63, 3.8) is 0 Å². The molecule has 0 spiro atoms. The maximum Gasteiger partial charge on any atom is 0.319 e. The smallest absolute Gasteiger partial charge is 0.319 e. The van der Waals surface area contributed by atoms with Crippen LogP contribution in [0.3, 0.4) is 0 Å². The number of hydrogen-bond acceptors (Lipinski definition) is 3. The van der Waals surface area contributed by atoms with Gasteiger partial charge >= 0.3 is 6.03 Å². The summed E-state index contributed by atoms with van der Waals surface area (Å²) in [4.78, 5) is 11.7. The van der Waals surface area contributed by atoms with Crippen molar-refractivity contribution in [2.45, 2.75) is 6.54 Å². The van der Waals surface area contributed by atoms with Crippen LogP contribution in [-0.4, -0.2) is 15.8 Å². The normalized spacial score (nSPS) is 10.2. The number of aryl methyl sites for hydroxylation is 1. The van der Waals surface area contributed by atoms with Crippen molar-refractivity contribution in [3.05, 3.63) is 41.0 Å². The van der Waals surface area contributed by atoms with Crippen LogP contribution in [0.4, 0.5) is 16.3 Å². The molecule has 19 heavy (non-hydrogen) atoms. The summed E-state index contributed by atoms with van der Waals surface area (Å²) in [5.74, 6) is 0.531. The van der Waals surface area contributed by atoms with Crippen LogP contribution in [0.2, 0.25) is 5.02 Å². The predicted octanol–water partition coefficient (Wildman–Crippen LogP) is 1.98. The molecule has 2 rings (SSSR count). The van der Waals surface area contributed by atoms with Crippen molar-refractivity contribution in [1.29, 1.82) is 0 Å². The molecule has 0 aliphatic carbocycles. The number of urea groups is 1. The number of nitrogens with zero attached hydrogens (tertiary/aromatic N) is 2. The number of nitrogen functional groups attached to an aromatic ring is 1. The molecule has 1 heterocycles. The van der Waals surface area contributed by atoms with Crippen LogP contribution < -0.4 is 16.4 Å². The predicted molar refractivity (Wildman–Crippen MR) is 74.9 cm³/mol. The van der Waals surface area contributed by atoms with E-state index in [2.05, 4.69) is 15.7 Å². The van der Waals surface area contributed by atoms with Gasteiger partial charge in [0.1, 0.15) is 5.82 Å². The van der Waals surface area contributed by atoms with Crippen LogP contribution in [-0.2, 0) is 13.6 Å². The molecule has 100 valence electrons. The molecule has 0 bridgehead atoms. The molecule has 0 unspecified atom stereocenters. The fourth-order valence-corrected chi connectivity index (χ4v) is 1.74. The Bertz CT molecular complexity index is 596. The van der Waals surface area contributed by atoms with E-state index in [-0.39, 0.29) is 6.03 Å². The molecule has 2 amide bonds. The summed E-state index contributed by atoms with van der Waals surface area (Å²) < 4.78 is 1.55. The Morgan fingerprint density at radius 2 is 2.32 bits per heavy atom. The van der Waals surface area contributed by atoms with Gasteiger partial charge in [-0.25, -0.2) is 4.79 Å². The Balaban J connectivity index is 1.90. The summed E-state index contributed by atoms with van der Waals surface area (Å²) in [6, 6.07) is 6.59. The maximum absolute atomic E-state index is 11.7. The number of aromatic nitrogens is 2. The van der Waals surface area contributed by atoms with Gasteiger partial charge in [0, 0.05) is 29.9 Å². The monoisotopic (exact) mass is 279 g/mol. The van der Waals surface area contributed by atoms with E-state index in [0.717, 1.165) is 5.56 Å². The number of halogens is 1. The zero-order valence-corrected chi connectivity index (χ0v) is 11.1. The van der Waals surface area contributed by atoms with E-state index in [9.17, 15) is 4.79 Å². The van der Waals surface area contributed by atoms with Gasteiger partial charge in [-0.3, -0.25) is 4.68 Å². The summed E-state index contributed by atoms with van der Waals surface area (Å²) in [5, 5.41) is 9.93. The Hall–Kier alpha value is -2.21. The van der Waals surface area contributed by atoms with Gasteiger partial charge in [-0.1, -0.05) is 17.7 Å². The maximum atomic E-state index is 11.7. The van der Waals surface area contributed by atoms with Crippen molar-refractivity contribution in [3.8, 4) is 0 Å². The number of anilines is 2. The third-order valence-electron chi connectivity index (χ3n) is 2.59. The number of carbonyl (C=O) groups is 1. The Morgan fingerprint density at radius 1 is 1.53 bits per heavy atom. The zero-order valence-electron chi connectivity index (χ0n) is 10.4. The number of carbonyl (C=O) groups excluding carboxylic acids is 1. The first kappa shape index (κ1) is 13.2. The van der Waals surface area contributed by atoms with Crippen LogP contribution >= 0.6 is 11.6 Å². The van der Waals surface area contributed by atoms with Gasteiger partial charge in [-0.15, -0.1) is 0 Å². The van der Waals surface area contributed by atoms with Crippen LogP contribution in [0.15, 0.2) is 30.5 Å². The summed E-state index contributed by atoms with van der Waals surface area (Å²) in [6.07, 6.45) is 1.62. The quantitative estimate of drug-likeness (QED) is 0.803. The van der Waals surface area contributed by atoms with Crippen molar-refractivity contribution >= 4 is 29.1 Å². The second kappa shape index (κ2) is 5.62. The minimum atomic E-state index is -0.328. The molecule has 0 fully saturated rings. The number of nitrogens with one attached hydrogen (secondary N) is 2. The van der Waals surface area contributed by atoms with Gasteiger partial charge in [0.2, 0.25) is 0 Å². The molecule has 7 heteroatoms. The van der Waals surface area contributed by atoms with E-state index < -0.39 is 0 Å². The third-order valence-corrected chi connectivity index (χ3v) is 2.82. The van der Waals surface area contributed by atoms with Gasteiger partial charge in [0.05, 0.1) is 6.20 Å². The molecule has 2 aromatic rings. The van der Waals surface area contributed by atoms with Gasteiger partial charge in [-0.05, 0) is 18.2 Å². The van der Waals surface area contributed by atoms with E-state index in [1.165, 1.54) is 0 Å². The van der Waals surface area contributed by atoms with Crippen molar-refractivity contribution in [2.24, 2.45) is 7.05 Å². The summed E-state index contributed by atoms with van der Waals surface area (Å²) in [7, 11) is 1.74. The van der Waals surface area contributed by atoms with Crippen LogP contribution in [0.1, 0.15) is 5.56 Å². The topological polar surface area (TPSA) is 85.0 Å². The van der Waals surface area contributed by atoms with Gasteiger partial charge in [0.25, 0.3) is 0 Å². The average molecular weight is 280 g/mol. The fourth-order valence-electron chi connectivity index (χ4n) is 1.55. The SMILES string of the molecule is Cn1ncc(CNC(=O)Nc2cccc(Cl)c2)c1N.